The number of methoxy groups -OCH3 is 1. The second-order valence-corrected chi connectivity index (χ2v) is 7.61. The first-order chi connectivity index (χ1) is 12.0. The number of nitrogens with one attached hydrogen (secondary N) is 1. The number of carbonyl (C=O) groups is 3. The summed E-state index contributed by atoms with van der Waals surface area (Å²) in [6, 6.07) is 7.52. The van der Waals surface area contributed by atoms with E-state index >= 15 is 0 Å². The van der Waals surface area contributed by atoms with Crippen molar-refractivity contribution in [2.24, 2.45) is 0 Å². The number of rotatable bonds is 4. The number of esters is 1. The summed E-state index contributed by atoms with van der Waals surface area (Å²) >= 11 is 1.82. The molecule has 1 N–H and O–H groups in total. The Labute approximate surface area is 155 Å². The number of carbonyl (C=O) groups excluding carboxylic acids is 3. The molecule has 1 aromatic rings. The highest BCUT2D eigenvalue weighted by atomic mass is 79.9. The minimum absolute atomic E-state index is 0.110. The lowest BCUT2D eigenvalue weighted by atomic mass is 10.0. The van der Waals surface area contributed by atoms with Crippen molar-refractivity contribution in [1.29, 1.82) is 0 Å². The van der Waals surface area contributed by atoms with E-state index < -0.39 is 40.4 Å². The second-order valence-electron chi connectivity index (χ2n) is 5.52. The Kier molecular flexibility index (Phi) is 5.16. The molecule has 2 aliphatic rings. The van der Waals surface area contributed by atoms with E-state index in [1.165, 1.54) is 12.0 Å². The summed E-state index contributed by atoms with van der Waals surface area (Å²) in [4.78, 5) is 38.0. The van der Waals surface area contributed by atoms with Crippen LogP contribution in [-0.2, 0) is 25.5 Å². The molecule has 25 heavy (non-hydrogen) atoms. The molecule has 1 saturated heterocycles. The number of amides is 2. The van der Waals surface area contributed by atoms with Crippen molar-refractivity contribution in [2.75, 3.05) is 18.2 Å². The highest BCUT2D eigenvalue weighted by molar-refractivity contribution is 9.09. The number of fused-ring (bicyclic) bond motifs is 1. The van der Waals surface area contributed by atoms with Crippen LogP contribution in [0.2, 0.25) is 0 Å². The van der Waals surface area contributed by atoms with Crippen LogP contribution in [-0.4, -0.2) is 56.8 Å². The van der Waals surface area contributed by atoms with Crippen molar-refractivity contribution in [3.05, 3.63) is 47.2 Å². The number of nitrogens with zero attached hydrogens (tertiary/aromatic N) is 1. The first kappa shape index (κ1) is 18.0. The zero-order valence-electron chi connectivity index (χ0n) is 13.2. The Hall–Kier alpha value is -1.84. The summed E-state index contributed by atoms with van der Waals surface area (Å²) in [6.07, 6.45) is 0. The molecule has 1 fully saturated rings. The second kappa shape index (κ2) is 7.19. The third kappa shape index (κ3) is 3.07. The van der Waals surface area contributed by atoms with Crippen molar-refractivity contribution in [1.82, 2.24) is 10.2 Å². The summed E-state index contributed by atoms with van der Waals surface area (Å²) in [5.74, 6) is -1.41. The van der Waals surface area contributed by atoms with Gasteiger partial charge in [0.05, 0.1) is 7.11 Å². The third-order valence-corrected chi connectivity index (χ3v) is 6.40. The van der Waals surface area contributed by atoms with Gasteiger partial charge in [0.2, 0.25) is 5.37 Å². The van der Waals surface area contributed by atoms with Crippen molar-refractivity contribution >= 4 is 44.9 Å². The van der Waals surface area contributed by atoms with Gasteiger partial charge in [-0.1, -0.05) is 34.1 Å². The van der Waals surface area contributed by atoms with Gasteiger partial charge in [-0.15, -0.1) is 0 Å². The molecule has 132 valence electrons. The quantitative estimate of drug-likeness (QED) is 0.327. The van der Waals surface area contributed by atoms with Gasteiger partial charge in [-0.25, -0.2) is 4.79 Å². The van der Waals surface area contributed by atoms with Crippen LogP contribution in [0.5, 0.6) is 0 Å². The minimum atomic E-state index is -1.43. The lowest BCUT2D eigenvalue weighted by molar-refractivity contribution is -0.150. The Morgan fingerprint density at radius 2 is 2.08 bits per heavy atom. The fourth-order valence-corrected chi connectivity index (χ4v) is 5.27. The van der Waals surface area contributed by atoms with Crippen LogP contribution >= 0.6 is 15.9 Å². The molecule has 1 aromatic carbocycles. The number of benzene rings is 1. The molecular formula is C16H15BrN2O5S. The van der Waals surface area contributed by atoms with Gasteiger partial charge in [0.25, 0.3) is 11.8 Å². The highest BCUT2D eigenvalue weighted by Crippen LogP contribution is 2.37. The molecule has 2 amide bonds. The van der Waals surface area contributed by atoms with E-state index in [2.05, 4.69) is 21.2 Å². The zero-order valence-corrected chi connectivity index (χ0v) is 15.6. The number of hydrogen-bond donors (Lipinski definition) is 1. The lowest BCUT2D eigenvalue weighted by Crippen LogP contribution is -2.74. The molecule has 0 radical (unpaired) electrons. The predicted molar refractivity (Wildman–Crippen MR) is 94.2 cm³/mol. The maximum Gasteiger partial charge on any atom is 0.355 e. The summed E-state index contributed by atoms with van der Waals surface area (Å²) < 4.78 is 17.3. The minimum Gasteiger partial charge on any atom is -0.614 e. The Morgan fingerprint density at radius 3 is 2.68 bits per heavy atom. The van der Waals surface area contributed by atoms with Crippen molar-refractivity contribution in [3.63, 3.8) is 0 Å². The molecule has 0 spiro atoms. The van der Waals surface area contributed by atoms with Crippen molar-refractivity contribution < 1.29 is 23.7 Å². The van der Waals surface area contributed by atoms with Crippen LogP contribution in [0.25, 0.3) is 0 Å². The van der Waals surface area contributed by atoms with Crippen LogP contribution in [0.4, 0.5) is 0 Å². The first-order valence-electron chi connectivity index (χ1n) is 7.42. The number of hydrogen-bond acceptors (Lipinski definition) is 5. The number of alkyl halides is 1. The number of ether oxygens (including phenoxy) is 1. The van der Waals surface area contributed by atoms with Crippen LogP contribution in [0.15, 0.2) is 41.6 Å². The summed E-state index contributed by atoms with van der Waals surface area (Å²) in [7, 11) is 1.22. The van der Waals surface area contributed by atoms with Gasteiger partial charge < -0.3 is 14.6 Å². The van der Waals surface area contributed by atoms with E-state index in [4.69, 9.17) is 4.74 Å². The van der Waals surface area contributed by atoms with Gasteiger partial charge in [-0.2, -0.15) is 0 Å². The lowest BCUT2D eigenvalue weighted by Gasteiger charge is -2.49. The molecule has 3 rings (SSSR count). The van der Waals surface area contributed by atoms with E-state index in [1.54, 1.807) is 30.3 Å². The third-order valence-electron chi connectivity index (χ3n) is 4.07. The van der Waals surface area contributed by atoms with Gasteiger partial charge in [-0.05, 0) is 23.3 Å². The monoisotopic (exact) mass is 426 g/mol. The zero-order chi connectivity index (χ0) is 18.1. The summed E-state index contributed by atoms with van der Waals surface area (Å²) in [5.41, 5.74) is 1.06. The van der Waals surface area contributed by atoms with Crippen LogP contribution < -0.4 is 5.32 Å². The SMILES string of the molecule is COC(=O)C1=C(CBr)C[S+]([O-])[C@H]2C(NC(=O)c3ccccc3)C(=O)N12. The molecule has 7 nitrogen and oxygen atoms in total. The van der Waals surface area contributed by atoms with E-state index in [0.29, 0.717) is 16.5 Å². The van der Waals surface area contributed by atoms with Gasteiger partial charge in [0, 0.05) is 16.5 Å². The molecule has 0 bridgehead atoms. The van der Waals surface area contributed by atoms with Gasteiger partial charge in [0.15, 0.2) is 6.04 Å². The smallest absolute Gasteiger partial charge is 0.355 e. The average Bonchev–Trinajstić information content (AvgIpc) is 2.64. The molecule has 0 aliphatic carbocycles. The summed E-state index contributed by atoms with van der Waals surface area (Å²) in [5, 5.41) is 2.15. The van der Waals surface area contributed by atoms with Crippen LogP contribution in [0.1, 0.15) is 10.4 Å². The Balaban J connectivity index is 1.84. The molecule has 2 heterocycles. The van der Waals surface area contributed by atoms with Crippen molar-refractivity contribution in [2.45, 2.75) is 11.4 Å². The number of halogens is 1. The molecule has 2 unspecified atom stereocenters. The normalized spacial score (nSPS) is 25.2. The maximum absolute atomic E-state index is 12.5. The van der Waals surface area contributed by atoms with E-state index in [-0.39, 0.29) is 11.4 Å². The van der Waals surface area contributed by atoms with Crippen molar-refractivity contribution in [3.8, 4) is 0 Å². The molecular weight excluding hydrogens is 412 g/mol. The topological polar surface area (TPSA) is 98.8 Å². The summed E-state index contributed by atoms with van der Waals surface area (Å²) in [6.45, 7) is 0. The first-order valence-corrected chi connectivity index (χ1v) is 9.92. The van der Waals surface area contributed by atoms with E-state index in [0.717, 1.165) is 0 Å². The molecule has 3 atom stereocenters. The average molecular weight is 427 g/mol. The number of β-lactam (4-membered cyclic amide) rings is 1. The predicted octanol–water partition coefficient (Wildman–Crippen LogP) is 0.538. The molecule has 0 aromatic heterocycles. The van der Waals surface area contributed by atoms with Gasteiger partial charge in [-0.3, -0.25) is 14.5 Å². The fraction of sp³-hybridized carbons (Fsp3) is 0.312. The van der Waals surface area contributed by atoms with Gasteiger partial charge in [0.1, 0.15) is 11.4 Å². The van der Waals surface area contributed by atoms with E-state index in [9.17, 15) is 18.9 Å². The largest absolute Gasteiger partial charge is 0.614 e. The molecule has 2 aliphatic heterocycles. The van der Waals surface area contributed by atoms with Gasteiger partial charge >= 0.3 is 5.97 Å². The van der Waals surface area contributed by atoms with E-state index in [1.807, 2.05) is 0 Å². The van der Waals surface area contributed by atoms with Crippen LogP contribution in [0, 0.1) is 0 Å². The molecule has 9 heteroatoms. The maximum atomic E-state index is 12.5. The highest BCUT2D eigenvalue weighted by Gasteiger charge is 2.61. The standard InChI is InChI=1S/C16H15BrN2O5S/c1-24-16(22)12-10(7-17)8-25(23)15-11(14(21)19(12)15)18-13(20)9-5-3-2-4-6-9/h2-6,11,15H,7-8H2,1H3,(H,18,20)/t11?,15-,25?/m0/s1. The van der Waals surface area contributed by atoms with Crippen LogP contribution in [0.3, 0.4) is 0 Å². The molecule has 0 saturated carbocycles. The fourth-order valence-electron chi connectivity index (χ4n) is 2.86. The Bertz CT molecular complexity index is 754. The Morgan fingerprint density at radius 1 is 1.40 bits per heavy atom.